The highest BCUT2D eigenvalue weighted by Crippen LogP contribution is 2.22. The molecule has 6 heteroatoms. The second-order valence-electron chi connectivity index (χ2n) is 6.56. The van der Waals surface area contributed by atoms with Crippen molar-refractivity contribution in [1.29, 1.82) is 0 Å². The summed E-state index contributed by atoms with van der Waals surface area (Å²) in [5, 5.41) is 4.74. The predicted molar refractivity (Wildman–Crippen MR) is 97.2 cm³/mol. The Morgan fingerprint density at radius 2 is 2.04 bits per heavy atom. The van der Waals surface area contributed by atoms with Crippen LogP contribution in [0, 0.1) is 5.92 Å². The second-order valence-corrected chi connectivity index (χ2v) is 8.54. The van der Waals surface area contributed by atoms with E-state index in [1.807, 2.05) is 18.2 Å². The third kappa shape index (κ3) is 3.94. The molecule has 1 aromatic heterocycles. The zero-order valence-corrected chi connectivity index (χ0v) is 15.1. The van der Waals surface area contributed by atoms with Crippen LogP contribution in [0.1, 0.15) is 25.5 Å². The predicted octanol–water partition coefficient (Wildman–Crippen LogP) is 2.38. The van der Waals surface area contributed by atoms with Crippen LogP contribution in [-0.4, -0.2) is 43.1 Å². The van der Waals surface area contributed by atoms with Crippen LogP contribution in [0.5, 0.6) is 0 Å². The molecule has 0 saturated carbocycles. The lowest BCUT2D eigenvalue weighted by Gasteiger charge is -2.37. The van der Waals surface area contributed by atoms with Crippen LogP contribution >= 0.6 is 0 Å². The number of piperidine rings is 1. The van der Waals surface area contributed by atoms with Crippen LogP contribution in [0.25, 0.3) is 10.9 Å². The van der Waals surface area contributed by atoms with Crippen LogP contribution in [0.4, 0.5) is 0 Å². The molecule has 0 spiro atoms. The average Bonchev–Trinajstić information content (AvgIpc) is 2.58. The molecule has 1 N–H and O–H groups in total. The molecule has 2 aromatic rings. The van der Waals surface area contributed by atoms with E-state index >= 15 is 0 Å². The fourth-order valence-electron chi connectivity index (χ4n) is 3.42. The summed E-state index contributed by atoms with van der Waals surface area (Å²) >= 11 is 0. The van der Waals surface area contributed by atoms with Gasteiger partial charge in [-0.05, 0) is 24.5 Å². The normalized spacial score (nSPS) is 22.8. The molecule has 1 aliphatic heterocycles. The van der Waals surface area contributed by atoms with Gasteiger partial charge in [0.2, 0.25) is 10.0 Å². The highest BCUT2D eigenvalue weighted by molar-refractivity contribution is 7.88. The number of fused-ring (bicyclic) bond motifs is 1. The monoisotopic (exact) mass is 347 g/mol. The van der Waals surface area contributed by atoms with Gasteiger partial charge in [-0.3, -0.25) is 4.98 Å². The van der Waals surface area contributed by atoms with E-state index in [-0.39, 0.29) is 0 Å². The summed E-state index contributed by atoms with van der Waals surface area (Å²) in [6, 6.07) is 12.6. The van der Waals surface area contributed by atoms with Gasteiger partial charge < -0.3 is 5.32 Å². The molecule has 0 aliphatic carbocycles. The summed E-state index contributed by atoms with van der Waals surface area (Å²) in [6.45, 7) is 4.04. The van der Waals surface area contributed by atoms with Gasteiger partial charge in [0.1, 0.15) is 0 Å². The van der Waals surface area contributed by atoms with Gasteiger partial charge in [-0.2, -0.15) is 0 Å². The van der Waals surface area contributed by atoms with Gasteiger partial charge in [0, 0.05) is 31.1 Å². The number of aromatic nitrogens is 1. The summed E-state index contributed by atoms with van der Waals surface area (Å²) in [5.74, 6) is 0.342. The number of hydrogen-bond donors (Lipinski definition) is 1. The molecule has 1 aromatic carbocycles. The van der Waals surface area contributed by atoms with Crippen LogP contribution < -0.4 is 5.32 Å². The standard InChI is InChI=1S/C18H25N3O2S/c1-3-14-13-21(24(2,22)23)11-10-17(14)19-12-16-9-8-15-6-4-5-7-18(15)20-16/h4-9,14,17,19H,3,10-13H2,1-2H3. The maximum Gasteiger partial charge on any atom is 0.211 e. The van der Waals surface area contributed by atoms with Crippen molar-refractivity contribution in [1.82, 2.24) is 14.6 Å². The van der Waals surface area contributed by atoms with E-state index in [2.05, 4.69) is 30.4 Å². The van der Waals surface area contributed by atoms with Crippen LogP contribution in [0.15, 0.2) is 36.4 Å². The molecule has 5 nitrogen and oxygen atoms in total. The average molecular weight is 347 g/mol. The van der Waals surface area contributed by atoms with E-state index in [1.54, 1.807) is 4.31 Å². The van der Waals surface area contributed by atoms with E-state index < -0.39 is 10.0 Å². The van der Waals surface area contributed by atoms with Crippen LogP contribution in [0.3, 0.4) is 0 Å². The Morgan fingerprint density at radius 1 is 1.25 bits per heavy atom. The van der Waals surface area contributed by atoms with E-state index in [9.17, 15) is 8.42 Å². The highest BCUT2D eigenvalue weighted by Gasteiger charge is 2.31. The minimum atomic E-state index is -3.09. The smallest absolute Gasteiger partial charge is 0.211 e. The molecule has 0 bridgehead atoms. The first kappa shape index (κ1) is 17.3. The number of nitrogens with zero attached hydrogens (tertiary/aromatic N) is 2. The lowest BCUT2D eigenvalue weighted by atomic mass is 9.91. The van der Waals surface area contributed by atoms with E-state index in [1.165, 1.54) is 6.26 Å². The first-order chi connectivity index (χ1) is 11.5. The Hall–Kier alpha value is -1.50. The summed E-state index contributed by atoms with van der Waals surface area (Å²) in [5.41, 5.74) is 2.03. The number of sulfonamides is 1. The molecular formula is C18H25N3O2S. The van der Waals surface area contributed by atoms with Crippen molar-refractivity contribution < 1.29 is 8.42 Å². The van der Waals surface area contributed by atoms with Crippen molar-refractivity contribution in [3.8, 4) is 0 Å². The second kappa shape index (κ2) is 7.17. The number of pyridine rings is 1. The van der Waals surface area contributed by atoms with Gasteiger partial charge in [-0.1, -0.05) is 37.6 Å². The van der Waals surface area contributed by atoms with Gasteiger partial charge in [-0.15, -0.1) is 0 Å². The highest BCUT2D eigenvalue weighted by atomic mass is 32.2. The Balaban J connectivity index is 1.64. The number of rotatable bonds is 5. The van der Waals surface area contributed by atoms with E-state index in [0.29, 0.717) is 31.6 Å². The Labute approximate surface area is 144 Å². The van der Waals surface area contributed by atoms with Gasteiger partial charge in [0.15, 0.2) is 0 Å². The largest absolute Gasteiger partial charge is 0.308 e. The summed E-state index contributed by atoms with van der Waals surface area (Å²) in [7, 11) is -3.09. The summed E-state index contributed by atoms with van der Waals surface area (Å²) in [6.07, 6.45) is 3.11. The van der Waals surface area contributed by atoms with E-state index in [0.717, 1.165) is 29.4 Å². The maximum absolute atomic E-state index is 11.8. The van der Waals surface area contributed by atoms with Gasteiger partial charge in [0.05, 0.1) is 17.5 Å². The quantitative estimate of drug-likeness (QED) is 0.902. The third-order valence-corrected chi connectivity index (χ3v) is 6.16. The fourth-order valence-corrected chi connectivity index (χ4v) is 4.32. The molecule has 1 aliphatic rings. The van der Waals surface area contributed by atoms with Crippen molar-refractivity contribution in [3.63, 3.8) is 0 Å². The van der Waals surface area contributed by atoms with Crippen molar-refractivity contribution in [2.75, 3.05) is 19.3 Å². The Morgan fingerprint density at radius 3 is 2.79 bits per heavy atom. The minimum absolute atomic E-state index is 0.335. The summed E-state index contributed by atoms with van der Waals surface area (Å²) < 4.78 is 25.1. The third-order valence-electron chi connectivity index (χ3n) is 4.89. The maximum atomic E-state index is 11.8. The lowest BCUT2D eigenvalue weighted by molar-refractivity contribution is 0.201. The zero-order chi connectivity index (χ0) is 17.2. The van der Waals surface area contributed by atoms with Gasteiger partial charge in [0.25, 0.3) is 0 Å². The minimum Gasteiger partial charge on any atom is -0.308 e. The van der Waals surface area contributed by atoms with Crippen molar-refractivity contribution in [3.05, 3.63) is 42.1 Å². The fraction of sp³-hybridized carbons (Fsp3) is 0.500. The van der Waals surface area contributed by atoms with E-state index in [4.69, 9.17) is 4.98 Å². The first-order valence-corrected chi connectivity index (χ1v) is 10.4. The van der Waals surface area contributed by atoms with Gasteiger partial charge in [-0.25, -0.2) is 12.7 Å². The molecular weight excluding hydrogens is 322 g/mol. The molecule has 1 saturated heterocycles. The van der Waals surface area contributed by atoms with Crippen molar-refractivity contribution in [2.24, 2.45) is 5.92 Å². The molecule has 2 heterocycles. The molecule has 3 rings (SSSR count). The SMILES string of the molecule is CCC1CN(S(C)(=O)=O)CCC1NCc1ccc2ccccc2n1. The molecule has 24 heavy (non-hydrogen) atoms. The molecule has 2 unspecified atom stereocenters. The van der Waals surface area contributed by atoms with Crippen molar-refractivity contribution >= 4 is 20.9 Å². The number of para-hydroxylation sites is 1. The Bertz CT molecular complexity index is 807. The molecule has 1 fully saturated rings. The molecule has 2 atom stereocenters. The number of nitrogens with one attached hydrogen (secondary N) is 1. The van der Waals surface area contributed by atoms with Crippen LogP contribution in [0.2, 0.25) is 0 Å². The zero-order valence-electron chi connectivity index (χ0n) is 14.3. The van der Waals surface area contributed by atoms with Crippen LogP contribution in [-0.2, 0) is 16.6 Å². The Kier molecular flexibility index (Phi) is 5.18. The lowest BCUT2D eigenvalue weighted by Crippen LogP contribution is -2.50. The first-order valence-electron chi connectivity index (χ1n) is 8.50. The van der Waals surface area contributed by atoms with Crippen molar-refractivity contribution in [2.45, 2.75) is 32.4 Å². The van der Waals surface area contributed by atoms with Gasteiger partial charge >= 0.3 is 0 Å². The summed E-state index contributed by atoms with van der Waals surface area (Å²) in [4.78, 5) is 4.70. The topological polar surface area (TPSA) is 62.3 Å². The molecule has 130 valence electrons. The molecule has 0 radical (unpaired) electrons. The number of hydrogen-bond acceptors (Lipinski definition) is 4. The molecule has 0 amide bonds. The number of benzene rings is 1.